The first-order chi connectivity index (χ1) is 13.2. The van der Waals surface area contributed by atoms with Gasteiger partial charge in [0, 0.05) is 43.2 Å². The van der Waals surface area contributed by atoms with Gasteiger partial charge in [-0.25, -0.2) is 4.98 Å². The number of aromatic amines is 1. The summed E-state index contributed by atoms with van der Waals surface area (Å²) in [6.07, 6.45) is 5.23. The number of hydrogen-bond acceptors (Lipinski definition) is 5. The zero-order valence-corrected chi connectivity index (χ0v) is 17.3. The topological polar surface area (TPSA) is 94.1 Å². The Morgan fingerprint density at radius 2 is 2.14 bits per heavy atom. The lowest BCUT2D eigenvalue weighted by Crippen LogP contribution is -2.55. The quantitative estimate of drug-likeness (QED) is 0.735. The van der Waals surface area contributed by atoms with Gasteiger partial charge in [-0.3, -0.25) is 9.78 Å². The van der Waals surface area contributed by atoms with Gasteiger partial charge in [0.1, 0.15) is 5.82 Å². The Morgan fingerprint density at radius 3 is 2.75 bits per heavy atom. The number of H-pyrrole nitrogens is 1. The average molecular weight is 386 g/mol. The molecule has 0 radical (unpaired) electrons. The summed E-state index contributed by atoms with van der Waals surface area (Å²) in [4.78, 5) is 27.2. The Morgan fingerprint density at radius 1 is 1.39 bits per heavy atom. The molecular weight excluding hydrogens is 354 g/mol. The molecule has 0 unspecified atom stereocenters. The molecule has 28 heavy (non-hydrogen) atoms. The van der Waals surface area contributed by atoms with Crippen molar-refractivity contribution in [2.75, 3.05) is 6.54 Å². The van der Waals surface area contributed by atoms with E-state index in [-0.39, 0.29) is 29.4 Å². The highest BCUT2D eigenvalue weighted by Gasteiger charge is 2.42. The molecule has 0 aromatic carbocycles. The number of imidazole rings is 1. The number of carbonyl (C=O) groups excluding carboxylic acids is 1. The van der Waals surface area contributed by atoms with Crippen LogP contribution in [0.5, 0.6) is 0 Å². The van der Waals surface area contributed by atoms with Crippen molar-refractivity contribution in [3.8, 4) is 11.3 Å². The molecule has 0 spiro atoms. The van der Waals surface area contributed by atoms with E-state index in [1.54, 1.807) is 17.3 Å². The number of rotatable bonds is 5. The van der Waals surface area contributed by atoms with E-state index in [0.717, 1.165) is 11.3 Å². The van der Waals surface area contributed by atoms with Crippen molar-refractivity contribution < 1.29 is 9.90 Å². The van der Waals surface area contributed by atoms with E-state index in [4.69, 9.17) is 4.98 Å². The van der Waals surface area contributed by atoms with Crippen LogP contribution in [0.2, 0.25) is 0 Å². The number of carbonyl (C=O) groups is 1. The molecule has 7 heteroatoms. The number of nitrogens with one attached hydrogen (secondary N) is 2. The Hall–Kier alpha value is -2.25. The fraction of sp³-hybridized carbons (Fsp3) is 0.571. The van der Waals surface area contributed by atoms with Crippen molar-refractivity contribution in [2.24, 2.45) is 5.41 Å². The molecule has 7 nitrogen and oxygen atoms in total. The highest BCUT2D eigenvalue weighted by atomic mass is 16.3. The summed E-state index contributed by atoms with van der Waals surface area (Å²) in [6.45, 7) is 10.6. The Bertz CT molecular complexity index is 797. The van der Waals surface area contributed by atoms with Crippen molar-refractivity contribution in [1.29, 1.82) is 0 Å². The number of amides is 1. The van der Waals surface area contributed by atoms with Crippen molar-refractivity contribution in [1.82, 2.24) is 25.2 Å². The zero-order chi connectivity index (χ0) is 20.5. The molecule has 3 heterocycles. The van der Waals surface area contributed by atoms with Crippen LogP contribution in [0.3, 0.4) is 0 Å². The Kier molecular flexibility index (Phi) is 5.86. The largest absolute Gasteiger partial charge is 0.391 e. The van der Waals surface area contributed by atoms with Crippen LogP contribution in [0.25, 0.3) is 11.3 Å². The molecule has 152 valence electrons. The number of aromatic nitrogens is 3. The van der Waals surface area contributed by atoms with Crippen LogP contribution in [0.15, 0.2) is 30.7 Å². The van der Waals surface area contributed by atoms with E-state index < -0.39 is 6.10 Å². The molecule has 1 saturated heterocycles. The third kappa shape index (κ3) is 4.42. The second kappa shape index (κ2) is 8.01. The van der Waals surface area contributed by atoms with Gasteiger partial charge in [0.15, 0.2) is 0 Å². The van der Waals surface area contributed by atoms with Gasteiger partial charge in [0.25, 0.3) is 0 Å². The maximum Gasteiger partial charge on any atom is 0.240 e. The number of aliphatic hydroxyl groups is 1. The number of β-amino-alcohol motifs (C(OH)–C–C–N with tert-alkyl or cyclic N) is 1. The molecular formula is C21H31N5O2. The highest BCUT2D eigenvalue weighted by Crippen LogP contribution is 2.34. The average Bonchev–Trinajstić information content (AvgIpc) is 3.25. The monoisotopic (exact) mass is 385 g/mol. The number of pyridine rings is 1. The van der Waals surface area contributed by atoms with Crippen molar-refractivity contribution >= 4 is 5.91 Å². The number of aliphatic hydroxyl groups excluding tert-OH is 1. The molecule has 2 aromatic heterocycles. The van der Waals surface area contributed by atoms with Gasteiger partial charge in [-0.05, 0) is 17.5 Å². The standard InChI is InChI=1S/C21H31N5O2/c1-13(2)24-18(21(3,4)5)20(28)26-12-15(27)9-17(26)19-23-11-16(25-19)14-7-6-8-22-10-14/h6-8,10-11,13,15,17-18,24,27H,9,12H2,1-5H3,(H,23,25)/t15-,17+,18-/m1/s1. The molecule has 1 aliphatic heterocycles. The Balaban J connectivity index is 1.87. The van der Waals surface area contributed by atoms with E-state index >= 15 is 0 Å². The molecule has 1 fully saturated rings. The summed E-state index contributed by atoms with van der Waals surface area (Å²) in [5.74, 6) is 0.697. The maximum atomic E-state index is 13.4. The summed E-state index contributed by atoms with van der Waals surface area (Å²) in [6, 6.07) is 3.38. The molecule has 3 N–H and O–H groups in total. The van der Waals surface area contributed by atoms with Crippen LogP contribution in [-0.2, 0) is 4.79 Å². The van der Waals surface area contributed by atoms with Gasteiger partial charge >= 0.3 is 0 Å². The third-order valence-electron chi connectivity index (χ3n) is 5.05. The van der Waals surface area contributed by atoms with E-state index in [1.807, 2.05) is 32.2 Å². The van der Waals surface area contributed by atoms with Crippen LogP contribution < -0.4 is 5.32 Å². The molecule has 1 amide bonds. The molecule has 2 aromatic rings. The molecule has 0 aliphatic carbocycles. The lowest BCUT2D eigenvalue weighted by Gasteiger charge is -2.36. The van der Waals surface area contributed by atoms with E-state index in [9.17, 15) is 9.90 Å². The first-order valence-corrected chi connectivity index (χ1v) is 9.87. The van der Waals surface area contributed by atoms with Crippen molar-refractivity contribution in [2.45, 2.75) is 65.3 Å². The van der Waals surface area contributed by atoms with E-state index in [0.29, 0.717) is 18.8 Å². The minimum atomic E-state index is -0.555. The number of likely N-dealkylation sites (tertiary alicyclic amines) is 1. The second-order valence-corrected chi connectivity index (χ2v) is 8.93. The first kappa shape index (κ1) is 20.5. The van der Waals surface area contributed by atoms with Crippen LogP contribution in [0.1, 0.15) is 52.9 Å². The van der Waals surface area contributed by atoms with Gasteiger partial charge in [-0.1, -0.05) is 34.6 Å². The van der Waals surface area contributed by atoms with Crippen LogP contribution in [-0.4, -0.2) is 55.6 Å². The summed E-state index contributed by atoms with van der Waals surface area (Å²) in [7, 11) is 0. The Labute approximate surface area is 166 Å². The van der Waals surface area contributed by atoms with Gasteiger partial charge in [0.2, 0.25) is 5.91 Å². The fourth-order valence-corrected chi connectivity index (χ4v) is 3.68. The second-order valence-electron chi connectivity index (χ2n) is 8.93. The minimum absolute atomic E-state index is 0.00192. The predicted molar refractivity (Wildman–Crippen MR) is 108 cm³/mol. The van der Waals surface area contributed by atoms with Crippen LogP contribution >= 0.6 is 0 Å². The summed E-state index contributed by atoms with van der Waals surface area (Å²) >= 11 is 0. The number of nitrogens with zero attached hydrogens (tertiary/aromatic N) is 3. The maximum absolute atomic E-state index is 13.4. The smallest absolute Gasteiger partial charge is 0.240 e. The highest BCUT2D eigenvalue weighted by molar-refractivity contribution is 5.83. The van der Waals surface area contributed by atoms with Crippen LogP contribution in [0, 0.1) is 5.41 Å². The SMILES string of the molecule is CC(C)N[C@H](C(=O)N1C[C@H](O)C[C@H]1c1nc(-c2cccnc2)c[nH]1)C(C)(C)C. The third-order valence-corrected chi connectivity index (χ3v) is 5.05. The lowest BCUT2D eigenvalue weighted by molar-refractivity contribution is -0.137. The first-order valence-electron chi connectivity index (χ1n) is 9.87. The minimum Gasteiger partial charge on any atom is -0.391 e. The molecule has 0 bridgehead atoms. The molecule has 0 saturated carbocycles. The number of hydrogen-bond donors (Lipinski definition) is 3. The fourth-order valence-electron chi connectivity index (χ4n) is 3.68. The van der Waals surface area contributed by atoms with Crippen LogP contribution in [0.4, 0.5) is 0 Å². The summed E-state index contributed by atoms with van der Waals surface area (Å²) in [5.41, 5.74) is 1.45. The molecule has 3 rings (SSSR count). The van der Waals surface area contributed by atoms with Gasteiger partial charge in [-0.2, -0.15) is 0 Å². The van der Waals surface area contributed by atoms with Gasteiger partial charge in [0.05, 0.1) is 23.9 Å². The molecule has 1 aliphatic rings. The van der Waals surface area contributed by atoms with Crippen molar-refractivity contribution in [3.05, 3.63) is 36.5 Å². The van der Waals surface area contributed by atoms with Gasteiger partial charge in [-0.15, -0.1) is 0 Å². The normalized spacial score (nSPS) is 21.3. The van der Waals surface area contributed by atoms with E-state index in [2.05, 4.69) is 36.1 Å². The predicted octanol–water partition coefficient (Wildman–Crippen LogP) is 2.52. The van der Waals surface area contributed by atoms with Crippen molar-refractivity contribution in [3.63, 3.8) is 0 Å². The molecule has 3 atom stereocenters. The van der Waals surface area contributed by atoms with Gasteiger partial charge < -0.3 is 20.3 Å². The van der Waals surface area contributed by atoms with E-state index in [1.165, 1.54) is 0 Å². The lowest BCUT2D eigenvalue weighted by atomic mass is 9.85. The summed E-state index contributed by atoms with van der Waals surface area (Å²) < 4.78 is 0. The summed E-state index contributed by atoms with van der Waals surface area (Å²) in [5, 5.41) is 13.7. The zero-order valence-electron chi connectivity index (χ0n) is 17.3.